The van der Waals surface area contributed by atoms with Crippen LogP contribution in [0.2, 0.25) is 0 Å². The number of nitrogens with zero attached hydrogens (tertiary/aromatic N) is 2. The van der Waals surface area contributed by atoms with Crippen molar-refractivity contribution in [3.05, 3.63) is 89.4 Å². The number of rotatable bonds is 7. The summed E-state index contributed by atoms with van der Waals surface area (Å²) in [5, 5.41) is 5.90. The van der Waals surface area contributed by atoms with Crippen molar-refractivity contribution in [3.8, 4) is 28.3 Å². The van der Waals surface area contributed by atoms with Crippen molar-refractivity contribution >= 4 is 33.5 Å². The number of carbonyl (C=O) groups is 1. The summed E-state index contributed by atoms with van der Waals surface area (Å²) < 4.78 is 6.22. The van der Waals surface area contributed by atoms with E-state index < -0.39 is 0 Å². The molecule has 0 aliphatic rings. The van der Waals surface area contributed by atoms with Crippen LogP contribution >= 0.6 is 15.9 Å². The predicted molar refractivity (Wildman–Crippen MR) is 131 cm³/mol. The third kappa shape index (κ3) is 5.50. The summed E-state index contributed by atoms with van der Waals surface area (Å²) in [5.41, 5.74) is 4.11. The van der Waals surface area contributed by atoms with Crippen LogP contribution in [0.25, 0.3) is 22.5 Å². The second-order valence-corrected chi connectivity index (χ2v) is 7.88. The number of anilines is 2. The maximum absolute atomic E-state index is 12.6. The van der Waals surface area contributed by atoms with Gasteiger partial charge in [0.05, 0.1) is 25.0 Å². The van der Waals surface area contributed by atoms with Crippen LogP contribution < -0.4 is 15.4 Å². The second-order valence-electron chi connectivity index (χ2n) is 6.97. The van der Waals surface area contributed by atoms with Gasteiger partial charge < -0.3 is 10.1 Å². The van der Waals surface area contributed by atoms with Gasteiger partial charge in [0, 0.05) is 21.3 Å². The van der Waals surface area contributed by atoms with E-state index in [0.29, 0.717) is 5.69 Å². The molecule has 3 aromatic carbocycles. The third-order valence-corrected chi connectivity index (χ3v) is 5.26. The molecule has 0 fully saturated rings. The Hall–Kier alpha value is -3.71. The number of benzene rings is 3. The fourth-order valence-electron chi connectivity index (χ4n) is 3.09. The minimum absolute atomic E-state index is 0.0957. The van der Waals surface area contributed by atoms with E-state index in [2.05, 4.69) is 36.5 Å². The number of amides is 1. The van der Waals surface area contributed by atoms with Crippen molar-refractivity contribution in [2.45, 2.75) is 0 Å². The van der Waals surface area contributed by atoms with Crippen LogP contribution in [0.3, 0.4) is 0 Å². The first-order valence-corrected chi connectivity index (χ1v) is 10.8. The molecule has 4 aromatic rings. The molecule has 0 atom stereocenters. The number of ether oxygens (including phenoxy) is 1. The van der Waals surface area contributed by atoms with Crippen molar-refractivity contribution in [2.24, 2.45) is 0 Å². The lowest BCUT2D eigenvalue weighted by atomic mass is 10.1. The van der Waals surface area contributed by atoms with E-state index in [1.807, 2.05) is 84.9 Å². The molecular formula is C25H21BrN4O2. The molecule has 32 heavy (non-hydrogen) atoms. The lowest BCUT2D eigenvalue weighted by molar-refractivity contribution is -0.114. The van der Waals surface area contributed by atoms with E-state index >= 15 is 0 Å². The van der Waals surface area contributed by atoms with Gasteiger partial charge in [0.15, 0.2) is 0 Å². The fourth-order valence-corrected chi connectivity index (χ4v) is 3.35. The van der Waals surface area contributed by atoms with Crippen LogP contribution in [0, 0.1) is 0 Å². The Bertz CT molecular complexity index is 1200. The molecule has 0 spiro atoms. The predicted octanol–water partition coefficient (Wildman–Crippen LogP) is 5.63. The van der Waals surface area contributed by atoms with E-state index in [1.54, 1.807) is 7.11 Å². The third-order valence-electron chi connectivity index (χ3n) is 4.73. The Balaban J connectivity index is 1.58. The Kier molecular flexibility index (Phi) is 6.77. The standard InChI is InChI=1S/C25H21BrN4O2/c1-32-21-13-7-18(8-14-21)23-15-22(17-5-3-2-4-6-17)28-25(29-23)30-24(31)16-27-20-11-9-19(26)10-12-20/h2-15,27H,16H2,1H3,(H,28,29,30,31). The van der Waals surface area contributed by atoms with Gasteiger partial charge >= 0.3 is 0 Å². The Morgan fingerprint density at radius 1 is 0.875 bits per heavy atom. The van der Waals surface area contributed by atoms with Crippen LogP contribution in [-0.4, -0.2) is 29.5 Å². The summed E-state index contributed by atoms with van der Waals surface area (Å²) in [6.07, 6.45) is 0. The molecule has 0 bridgehead atoms. The molecule has 1 aromatic heterocycles. The highest BCUT2D eigenvalue weighted by Crippen LogP contribution is 2.26. The SMILES string of the molecule is COc1ccc(-c2cc(-c3ccccc3)nc(NC(=O)CNc3ccc(Br)cc3)n2)cc1. The monoisotopic (exact) mass is 488 g/mol. The zero-order chi connectivity index (χ0) is 22.3. The molecule has 0 aliphatic heterocycles. The first-order valence-electron chi connectivity index (χ1n) is 9.99. The molecule has 0 radical (unpaired) electrons. The van der Waals surface area contributed by atoms with Gasteiger partial charge in [0.1, 0.15) is 5.75 Å². The average Bonchev–Trinajstić information content (AvgIpc) is 2.84. The van der Waals surface area contributed by atoms with Crippen LogP contribution in [0.5, 0.6) is 5.75 Å². The maximum atomic E-state index is 12.6. The summed E-state index contributed by atoms with van der Waals surface area (Å²) in [6.45, 7) is 0.0957. The summed E-state index contributed by atoms with van der Waals surface area (Å²) in [5.74, 6) is 0.775. The summed E-state index contributed by atoms with van der Waals surface area (Å²) >= 11 is 3.40. The van der Waals surface area contributed by atoms with Gasteiger partial charge in [-0.25, -0.2) is 9.97 Å². The molecule has 1 amide bonds. The van der Waals surface area contributed by atoms with Crippen LogP contribution in [0.1, 0.15) is 0 Å². The van der Waals surface area contributed by atoms with Gasteiger partial charge in [0.25, 0.3) is 0 Å². The largest absolute Gasteiger partial charge is 0.497 e. The van der Waals surface area contributed by atoms with Crippen LogP contribution in [0.15, 0.2) is 89.4 Å². The zero-order valence-corrected chi connectivity index (χ0v) is 19.0. The summed E-state index contributed by atoms with van der Waals surface area (Å²) in [6, 6.07) is 26.9. The number of aromatic nitrogens is 2. The molecule has 1 heterocycles. The molecule has 0 aliphatic carbocycles. The summed E-state index contributed by atoms with van der Waals surface area (Å²) in [4.78, 5) is 21.7. The number of hydrogen-bond acceptors (Lipinski definition) is 5. The first-order chi connectivity index (χ1) is 15.6. The Morgan fingerprint density at radius 3 is 2.12 bits per heavy atom. The number of hydrogen-bond donors (Lipinski definition) is 2. The van der Waals surface area contributed by atoms with E-state index in [1.165, 1.54) is 0 Å². The Labute approximate surface area is 194 Å². The molecule has 160 valence electrons. The second kappa shape index (κ2) is 10.1. The van der Waals surface area contributed by atoms with Gasteiger partial charge in [-0.05, 0) is 54.6 Å². The van der Waals surface area contributed by atoms with Gasteiger partial charge in [-0.2, -0.15) is 0 Å². The molecule has 2 N–H and O–H groups in total. The fraction of sp³-hybridized carbons (Fsp3) is 0.0800. The van der Waals surface area contributed by atoms with Gasteiger partial charge in [0.2, 0.25) is 11.9 Å². The van der Waals surface area contributed by atoms with Gasteiger partial charge in [-0.1, -0.05) is 46.3 Å². The normalized spacial score (nSPS) is 10.4. The Morgan fingerprint density at radius 2 is 1.50 bits per heavy atom. The highest BCUT2D eigenvalue weighted by atomic mass is 79.9. The number of nitrogens with one attached hydrogen (secondary N) is 2. The van der Waals surface area contributed by atoms with Crippen molar-refractivity contribution in [2.75, 3.05) is 24.3 Å². The van der Waals surface area contributed by atoms with Gasteiger partial charge in [-0.3, -0.25) is 10.1 Å². The number of carbonyl (C=O) groups excluding carboxylic acids is 1. The lowest BCUT2D eigenvalue weighted by Gasteiger charge is -2.11. The average molecular weight is 489 g/mol. The van der Waals surface area contributed by atoms with Crippen molar-refractivity contribution in [1.29, 1.82) is 0 Å². The minimum atomic E-state index is -0.237. The van der Waals surface area contributed by atoms with Crippen molar-refractivity contribution in [3.63, 3.8) is 0 Å². The summed E-state index contributed by atoms with van der Waals surface area (Å²) in [7, 11) is 1.63. The van der Waals surface area contributed by atoms with Crippen LogP contribution in [-0.2, 0) is 4.79 Å². The van der Waals surface area contributed by atoms with Crippen LogP contribution in [0.4, 0.5) is 11.6 Å². The highest BCUT2D eigenvalue weighted by molar-refractivity contribution is 9.10. The van der Waals surface area contributed by atoms with E-state index in [9.17, 15) is 4.79 Å². The lowest BCUT2D eigenvalue weighted by Crippen LogP contribution is -2.23. The quantitative estimate of drug-likeness (QED) is 0.352. The van der Waals surface area contributed by atoms with Crippen molar-refractivity contribution < 1.29 is 9.53 Å². The van der Waals surface area contributed by atoms with E-state index in [0.717, 1.165) is 32.7 Å². The topological polar surface area (TPSA) is 76.1 Å². The molecule has 0 saturated heterocycles. The minimum Gasteiger partial charge on any atom is -0.497 e. The van der Waals surface area contributed by atoms with E-state index in [4.69, 9.17) is 4.74 Å². The molecule has 0 unspecified atom stereocenters. The molecular weight excluding hydrogens is 468 g/mol. The highest BCUT2D eigenvalue weighted by Gasteiger charge is 2.11. The molecule has 0 saturated carbocycles. The number of halogens is 1. The molecule has 4 rings (SSSR count). The van der Waals surface area contributed by atoms with Crippen molar-refractivity contribution in [1.82, 2.24) is 9.97 Å². The first kappa shape index (κ1) is 21.5. The maximum Gasteiger partial charge on any atom is 0.246 e. The number of methoxy groups -OCH3 is 1. The van der Waals surface area contributed by atoms with Gasteiger partial charge in [-0.15, -0.1) is 0 Å². The smallest absolute Gasteiger partial charge is 0.246 e. The zero-order valence-electron chi connectivity index (χ0n) is 17.4. The molecule has 7 heteroatoms. The molecule has 6 nitrogen and oxygen atoms in total. The van der Waals surface area contributed by atoms with E-state index in [-0.39, 0.29) is 18.4 Å².